The second-order valence-electron chi connectivity index (χ2n) is 5.95. The van der Waals surface area contributed by atoms with E-state index in [2.05, 4.69) is 10.6 Å². The summed E-state index contributed by atoms with van der Waals surface area (Å²) in [7, 11) is 0. The second kappa shape index (κ2) is 10.8. The van der Waals surface area contributed by atoms with E-state index in [-0.39, 0.29) is 11.8 Å². The Bertz CT molecular complexity index is 797. The molecule has 2 rings (SSSR count). The third-order valence-electron chi connectivity index (χ3n) is 3.81. The zero-order valence-corrected chi connectivity index (χ0v) is 16.6. The molecule has 2 amide bonds. The van der Waals surface area contributed by atoms with E-state index < -0.39 is 0 Å². The maximum Gasteiger partial charge on any atom is 0.252 e. The number of ether oxygens (including phenoxy) is 1. The number of hydrogen-bond donors (Lipinski definition) is 2. The predicted octanol–water partition coefficient (Wildman–Crippen LogP) is 4.01. The van der Waals surface area contributed by atoms with Crippen molar-refractivity contribution in [2.75, 3.05) is 19.7 Å². The molecule has 0 bridgehead atoms. The minimum atomic E-state index is -0.330. The number of para-hydroxylation sites is 1. The van der Waals surface area contributed by atoms with E-state index >= 15 is 0 Å². The topological polar surface area (TPSA) is 67.4 Å². The number of nitrogens with one attached hydrogen (secondary N) is 2. The van der Waals surface area contributed by atoms with Crippen molar-refractivity contribution in [1.82, 2.24) is 10.6 Å². The Kier molecular flexibility index (Phi) is 8.43. The molecule has 5 nitrogen and oxygen atoms in total. The van der Waals surface area contributed by atoms with Crippen molar-refractivity contribution < 1.29 is 14.3 Å². The number of benzene rings is 2. The molecule has 0 aromatic heterocycles. The SMILES string of the molecule is Cc1ccccc1OCCCC(=O)NCCNC(=O)c1cc(Cl)ccc1Cl. The van der Waals surface area contributed by atoms with Gasteiger partial charge in [-0.3, -0.25) is 9.59 Å². The van der Waals surface area contributed by atoms with Crippen molar-refractivity contribution in [3.63, 3.8) is 0 Å². The van der Waals surface area contributed by atoms with Crippen LogP contribution < -0.4 is 15.4 Å². The Morgan fingerprint density at radius 3 is 2.56 bits per heavy atom. The Morgan fingerprint density at radius 2 is 1.78 bits per heavy atom. The van der Waals surface area contributed by atoms with Gasteiger partial charge < -0.3 is 15.4 Å². The lowest BCUT2D eigenvalue weighted by Gasteiger charge is -2.10. The van der Waals surface area contributed by atoms with Gasteiger partial charge in [0.2, 0.25) is 5.91 Å². The average Bonchev–Trinajstić information content (AvgIpc) is 2.65. The fourth-order valence-corrected chi connectivity index (χ4v) is 2.74. The van der Waals surface area contributed by atoms with Gasteiger partial charge in [0.15, 0.2) is 0 Å². The van der Waals surface area contributed by atoms with E-state index in [1.807, 2.05) is 31.2 Å². The monoisotopic (exact) mass is 408 g/mol. The molecule has 7 heteroatoms. The van der Waals surface area contributed by atoms with Crippen LogP contribution in [0, 0.1) is 6.92 Å². The lowest BCUT2D eigenvalue weighted by molar-refractivity contribution is -0.121. The average molecular weight is 409 g/mol. The Labute approximate surface area is 169 Å². The number of hydrogen-bond acceptors (Lipinski definition) is 3. The first-order valence-electron chi connectivity index (χ1n) is 8.66. The summed E-state index contributed by atoms with van der Waals surface area (Å²) in [4.78, 5) is 23.9. The van der Waals surface area contributed by atoms with Gasteiger partial charge in [-0.05, 0) is 43.2 Å². The molecule has 0 spiro atoms. The summed E-state index contributed by atoms with van der Waals surface area (Å²) in [5.74, 6) is 0.419. The van der Waals surface area contributed by atoms with Crippen molar-refractivity contribution in [2.24, 2.45) is 0 Å². The van der Waals surface area contributed by atoms with E-state index in [0.29, 0.717) is 48.1 Å². The van der Waals surface area contributed by atoms with Crippen LogP contribution in [-0.2, 0) is 4.79 Å². The largest absolute Gasteiger partial charge is 0.493 e. The molecule has 0 fully saturated rings. The van der Waals surface area contributed by atoms with Gasteiger partial charge >= 0.3 is 0 Å². The van der Waals surface area contributed by atoms with Gasteiger partial charge in [-0.1, -0.05) is 41.4 Å². The molecule has 0 unspecified atom stereocenters. The summed E-state index contributed by atoms with van der Waals surface area (Å²) in [5, 5.41) is 6.22. The lowest BCUT2D eigenvalue weighted by atomic mass is 10.2. The maximum atomic E-state index is 12.1. The highest BCUT2D eigenvalue weighted by molar-refractivity contribution is 6.35. The molecule has 0 saturated carbocycles. The minimum Gasteiger partial charge on any atom is -0.493 e. The summed E-state index contributed by atoms with van der Waals surface area (Å²) < 4.78 is 5.65. The van der Waals surface area contributed by atoms with Gasteiger partial charge in [-0.2, -0.15) is 0 Å². The van der Waals surface area contributed by atoms with Crippen LogP contribution in [-0.4, -0.2) is 31.5 Å². The van der Waals surface area contributed by atoms with E-state index in [0.717, 1.165) is 11.3 Å². The van der Waals surface area contributed by atoms with Gasteiger partial charge in [0.05, 0.1) is 17.2 Å². The number of aryl methyl sites for hydroxylation is 1. The van der Waals surface area contributed by atoms with E-state index in [4.69, 9.17) is 27.9 Å². The fourth-order valence-electron chi connectivity index (χ4n) is 2.37. The summed E-state index contributed by atoms with van der Waals surface area (Å²) >= 11 is 11.8. The normalized spacial score (nSPS) is 10.3. The summed E-state index contributed by atoms with van der Waals surface area (Å²) in [5.41, 5.74) is 1.38. The lowest BCUT2D eigenvalue weighted by Crippen LogP contribution is -2.34. The number of amides is 2. The van der Waals surface area contributed by atoms with Crippen LogP contribution in [0.25, 0.3) is 0 Å². The summed E-state index contributed by atoms with van der Waals surface area (Å²) in [6.07, 6.45) is 0.977. The molecule has 0 atom stereocenters. The van der Waals surface area contributed by atoms with Crippen LogP contribution in [0.4, 0.5) is 0 Å². The molecular formula is C20H22Cl2N2O3. The molecule has 0 heterocycles. The molecular weight excluding hydrogens is 387 g/mol. The van der Waals surface area contributed by atoms with E-state index in [9.17, 15) is 9.59 Å². The van der Waals surface area contributed by atoms with Gasteiger partial charge in [-0.15, -0.1) is 0 Å². The van der Waals surface area contributed by atoms with Gasteiger partial charge in [0.1, 0.15) is 5.75 Å². The molecule has 27 heavy (non-hydrogen) atoms. The van der Waals surface area contributed by atoms with Crippen LogP contribution in [0.5, 0.6) is 5.75 Å². The van der Waals surface area contributed by atoms with Gasteiger partial charge in [-0.25, -0.2) is 0 Å². The third-order valence-corrected chi connectivity index (χ3v) is 4.37. The molecule has 0 aliphatic carbocycles. The Balaban J connectivity index is 1.60. The maximum absolute atomic E-state index is 12.1. The van der Waals surface area contributed by atoms with Crippen LogP contribution in [0.2, 0.25) is 10.0 Å². The minimum absolute atomic E-state index is 0.0848. The quantitative estimate of drug-likeness (QED) is 0.615. The molecule has 2 N–H and O–H groups in total. The fraction of sp³-hybridized carbons (Fsp3) is 0.300. The molecule has 0 aliphatic rings. The highest BCUT2D eigenvalue weighted by atomic mass is 35.5. The van der Waals surface area contributed by atoms with Gasteiger partial charge in [0.25, 0.3) is 5.91 Å². The molecule has 0 saturated heterocycles. The van der Waals surface area contributed by atoms with Crippen LogP contribution in [0.3, 0.4) is 0 Å². The first-order valence-corrected chi connectivity index (χ1v) is 9.41. The van der Waals surface area contributed by atoms with Crippen molar-refractivity contribution in [3.05, 3.63) is 63.6 Å². The summed E-state index contributed by atoms with van der Waals surface area (Å²) in [6.45, 7) is 3.09. The number of carbonyl (C=O) groups is 2. The molecule has 0 aliphatic heterocycles. The second-order valence-corrected chi connectivity index (χ2v) is 6.79. The van der Waals surface area contributed by atoms with Crippen molar-refractivity contribution in [1.29, 1.82) is 0 Å². The molecule has 144 valence electrons. The number of halogens is 2. The smallest absolute Gasteiger partial charge is 0.252 e. The molecule has 2 aromatic rings. The number of carbonyl (C=O) groups excluding carboxylic acids is 2. The third kappa shape index (κ3) is 7.12. The van der Waals surface area contributed by atoms with Gasteiger partial charge in [0, 0.05) is 24.5 Å². The van der Waals surface area contributed by atoms with E-state index in [1.165, 1.54) is 6.07 Å². The first-order chi connectivity index (χ1) is 13.0. The molecule has 0 radical (unpaired) electrons. The van der Waals surface area contributed by atoms with Crippen LogP contribution in [0.15, 0.2) is 42.5 Å². The van der Waals surface area contributed by atoms with Crippen molar-refractivity contribution in [2.45, 2.75) is 19.8 Å². The highest BCUT2D eigenvalue weighted by Gasteiger charge is 2.10. The molecule has 2 aromatic carbocycles. The Morgan fingerprint density at radius 1 is 1.04 bits per heavy atom. The van der Waals surface area contributed by atoms with Crippen LogP contribution in [0.1, 0.15) is 28.8 Å². The van der Waals surface area contributed by atoms with E-state index in [1.54, 1.807) is 12.1 Å². The summed E-state index contributed by atoms with van der Waals surface area (Å²) in [6, 6.07) is 12.4. The Hall–Kier alpha value is -2.24. The standard InChI is InChI=1S/C20H22Cl2N2O3/c1-14-5-2-3-6-18(14)27-12-4-7-19(25)23-10-11-24-20(26)16-13-15(21)8-9-17(16)22/h2-3,5-6,8-9,13H,4,7,10-12H2,1H3,(H,23,25)(H,24,26). The predicted molar refractivity (Wildman–Crippen MR) is 108 cm³/mol. The highest BCUT2D eigenvalue weighted by Crippen LogP contribution is 2.20. The van der Waals surface area contributed by atoms with Crippen LogP contribution >= 0.6 is 23.2 Å². The zero-order chi connectivity index (χ0) is 19.6. The van der Waals surface area contributed by atoms with Crippen molar-refractivity contribution in [3.8, 4) is 5.75 Å². The van der Waals surface area contributed by atoms with Crippen molar-refractivity contribution >= 4 is 35.0 Å². The first kappa shape index (κ1) is 21.1. The number of rotatable bonds is 9. The zero-order valence-electron chi connectivity index (χ0n) is 15.1.